The molecule has 0 saturated carbocycles. The summed E-state index contributed by atoms with van der Waals surface area (Å²) in [6, 6.07) is 0. The molecule has 0 unspecified atom stereocenters. The van der Waals surface area contributed by atoms with Gasteiger partial charge in [-0.2, -0.15) is 0 Å². The molecule has 0 aromatic heterocycles. The molecule has 22 heavy (non-hydrogen) atoms. The molecule has 10 N–H and O–H groups in total. The van der Waals surface area contributed by atoms with Crippen LogP contribution in [0.25, 0.3) is 0 Å². The topological polar surface area (TPSA) is 135 Å². The molecule has 0 aromatic rings. The van der Waals surface area contributed by atoms with E-state index in [-0.39, 0.29) is 0 Å². The third-order valence-electron chi connectivity index (χ3n) is 3.47. The summed E-state index contributed by atoms with van der Waals surface area (Å²) >= 11 is 0. The lowest BCUT2D eigenvalue weighted by molar-refractivity contribution is 0.209. The van der Waals surface area contributed by atoms with Crippen molar-refractivity contribution in [3.63, 3.8) is 0 Å². The van der Waals surface area contributed by atoms with Crippen LogP contribution in [0.15, 0.2) is 0 Å². The molecule has 8 nitrogen and oxygen atoms in total. The monoisotopic (exact) mass is 318 g/mol. The Hall–Kier alpha value is -0.320. The first kappa shape index (κ1) is 21.7. The van der Waals surface area contributed by atoms with Gasteiger partial charge in [0.1, 0.15) is 0 Å². The maximum Gasteiger partial charge on any atom is 0.0110 e. The van der Waals surface area contributed by atoms with Crippen molar-refractivity contribution in [2.24, 2.45) is 22.9 Å². The van der Waals surface area contributed by atoms with E-state index in [1.807, 2.05) is 0 Å². The van der Waals surface area contributed by atoms with Crippen molar-refractivity contribution >= 4 is 0 Å². The zero-order valence-electron chi connectivity index (χ0n) is 14.1. The molecule has 0 aliphatic heterocycles. The lowest BCUT2D eigenvalue weighted by Crippen LogP contribution is -2.44. The van der Waals surface area contributed by atoms with Gasteiger partial charge in [-0.15, -0.1) is 0 Å². The van der Waals surface area contributed by atoms with Gasteiger partial charge in [0, 0.05) is 91.6 Å². The van der Waals surface area contributed by atoms with E-state index < -0.39 is 0 Å². The minimum absolute atomic E-state index is 0.677. The number of nitrogens with two attached hydrogens (primary N) is 4. The highest BCUT2D eigenvalue weighted by Crippen LogP contribution is 1.92. The van der Waals surface area contributed by atoms with Crippen LogP contribution >= 0.6 is 0 Å². The average molecular weight is 319 g/mol. The zero-order valence-corrected chi connectivity index (χ0v) is 14.1. The van der Waals surface area contributed by atoms with E-state index >= 15 is 0 Å². The molecule has 134 valence electrons. The smallest absolute Gasteiger partial charge is 0.0110 e. The Morgan fingerprint density at radius 1 is 0.455 bits per heavy atom. The van der Waals surface area contributed by atoms with Gasteiger partial charge in [-0.05, 0) is 0 Å². The Balaban J connectivity index is 4.05. The van der Waals surface area contributed by atoms with E-state index in [4.69, 9.17) is 22.9 Å². The van der Waals surface area contributed by atoms with Crippen LogP contribution in [0.4, 0.5) is 0 Å². The molecule has 0 aliphatic carbocycles. The summed E-state index contributed by atoms with van der Waals surface area (Å²) in [6.45, 7) is 12.2. The summed E-state index contributed by atoms with van der Waals surface area (Å²) in [5.41, 5.74) is 22.3. The molecule has 8 heteroatoms. The third-order valence-corrected chi connectivity index (χ3v) is 3.47. The number of hydrogen-bond donors (Lipinski definition) is 6. The van der Waals surface area contributed by atoms with Gasteiger partial charge in [-0.25, -0.2) is 0 Å². The van der Waals surface area contributed by atoms with Crippen molar-refractivity contribution in [3.8, 4) is 0 Å². The molecule has 0 amide bonds. The van der Waals surface area contributed by atoms with Gasteiger partial charge in [0.25, 0.3) is 0 Å². The maximum atomic E-state index is 5.65. The van der Waals surface area contributed by atoms with E-state index in [0.717, 1.165) is 65.4 Å². The quantitative estimate of drug-likeness (QED) is 0.153. The second-order valence-corrected chi connectivity index (χ2v) is 5.34. The largest absolute Gasteiger partial charge is 0.329 e. The summed E-state index contributed by atoms with van der Waals surface area (Å²) in [7, 11) is 0. The molecule has 0 atom stereocenters. The minimum Gasteiger partial charge on any atom is -0.329 e. The van der Waals surface area contributed by atoms with Crippen LogP contribution < -0.4 is 33.6 Å². The number of nitrogens with zero attached hydrogens (tertiary/aromatic N) is 2. The Morgan fingerprint density at radius 2 is 0.864 bits per heavy atom. The predicted octanol–water partition coefficient (Wildman–Crippen LogP) is -3.40. The van der Waals surface area contributed by atoms with Gasteiger partial charge in [0.05, 0.1) is 0 Å². The van der Waals surface area contributed by atoms with Crippen molar-refractivity contribution in [1.29, 1.82) is 0 Å². The van der Waals surface area contributed by atoms with Crippen molar-refractivity contribution in [2.45, 2.75) is 0 Å². The molecular formula is C14H38N8. The van der Waals surface area contributed by atoms with Crippen LogP contribution in [0.2, 0.25) is 0 Å². The van der Waals surface area contributed by atoms with E-state index in [9.17, 15) is 0 Å². The first-order chi connectivity index (χ1) is 10.8. The minimum atomic E-state index is 0.677. The summed E-state index contributed by atoms with van der Waals surface area (Å²) in [5.74, 6) is 0. The highest BCUT2D eigenvalue weighted by molar-refractivity contribution is 4.67. The molecule has 0 spiro atoms. The van der Waals surface area contributed by atoms with Gasteiger partial charge in [0.15, 0.2) is 0 Å². The lowest BCUT2D eigenvalue weighted by atomic mass is 10.3. The normalized spacial score (nSPS) is 11.7. The van der Waals surface area contributed by atoms with E-state index in [1.54, 1.807) is 0 Å². The summed E-state index contributed by atoms with van der Waals surface area (Å²) < 4.78 is 0. The molecule has 0 bridgehead atoms. The zero-order chi connectivity index (χ0) is 16.5. The second kappa shape index (κ2) is 17.0. The fraction of sp³-hybridized carbons (Fsp3) is 1.00. The molecular weight excluding hydrogens is 280 g/mol. The van der Waals surface area contributed by atoms with Crippen molar-refractivity contribution in [1.82, 2.24) is 20.4 Å². The van der Waals surface area contributed by atoms with Crippen LogP contribution in [0.1, 0.15) is 0 Å². The Kier molecular flexibility index (Phi) is 16.8. The highest BCUT2D eigenvalue weighted by atomic mass is 15.2. The molecule has 0 saturated heterocycles. The molecule has 0 heterocycles. The number of rotatable bonds is 17. The molecule has 0 radical (unpaired) electrons. The fourth-order valence-electron chi connectivity index (χ4n) is 2.25. The maximum absolute atomic E-state index is 5.65. The number of hydrogen-bond acceptors (Lipinski definition) is 8. The third kappa shape index (κ3) is 13.4. The SMILES string of the molecule is NCCNCCN(CCNCCN)CCN(CCN)CCN. The molecule has 0 aliphatic rings. The van der Waals surface area contributed by atoms with E-state index in [1.165, 1.54) is 0 Å². The van der Waals surface area contributed by atoms with Crippen molar-refractivity contribution < 1.29 is 0 Å². The Morgan fingerprint density at radius 3 is 1.23 bits per heavy atom. The van der Waals surface area contributed by atoms with Gasteiger partial charge < -0.3 is 33.6 Å². The van der Waals surface area contributed by atoms with Crippen LogP contribution in [-0.4, -0.2) is 101 Å². The lowest BCUT2D eigenvalue weighted by Gasteiger charge is -2.27. The Bertz CT molecular complexity index is 199. The van der Waals surface area contributed by atoms with E-state index in [2.05, 4.69) is 20.4 Å². The molecule has 0 rings (SSSR count). The van der Waals surface area contributed by atoms with Gasteiger partial charge in [0.2, 0.25) is 0 Å². The van der Waals surface area contributed by atoms with Crippen LogP contribution in [0, 0.1) is 0 Å². The van der Waals surface area contributed by atoms with Crippen LogP contribution in [0.3, 0.4) is 0 Å². The van der Waals surface area contributed by atoms with Gasteiger partial charge in [-0.1, -0.05) is 0 Å². The molecule has 0 aromatic carbocycles. The van der Waals surface area contributed by atoms with Crippen LogP contribution in [0.5, 0.6) is 0 Å². The van der Waals surface area contributed by atoms with Gasteiger partial charge >= 0.3 is 0 Å². The number of nitrogens with one attached hydrogen (secondary N) is 2. The highest BCUT2D eigenvalue weighted by Gasteiger charge is 2.08. The summed E-state index contributed by atoms with van der Waals surface area (Å²) in [6.07, 6.45) is 0. The first-order valence-corrected chi connectivity index (χ1v) is 8.44. The second-order valence-electron chi connectivity index (χ2n) is 5.34. The van der Waals surface area contributed by atoms with Gasteiger partial charge in [-0.3, -0.25) is 9.80 Å². The van der Waals surface area contributed by atoms with Crippen molar-refractivity contribution in [2.75, 3.05) is 91.6 Å². The summed E-state index contributed by atoms with van der Waals surface area (Å²) in [4.78, 5) is 4.78. The standard InChI is InChI=1S/C14H38N8/c15-1-5-19-7-11-22(12-8-20-6-2-16)14-13-21(9-3-17)10-4-18/h19-20H,1-18H2. The predicted molar refractivity (Wildman–Crippen MR) is 94.8 cm³/mol. The van der Waals surface area contributed by atoms with E-state index in [0.29, 0.717) is 26.2 Å². The van der Waals surface area contributed by atoms with Crippen LogP contribution in [-0.2, 0) is 0 Å². The fourth-order valence-corrected chi connectivity index (χ4v) is 2.25. The molecule has 0 fully saturated rings. The Labute approximate surface area is 135 Å². The average Bonchev–Trinajstić information content (AvgIpc) is 2.52. The summed E-state index contributed by atoms with van der Waals surface area (Å²) in [5, 5.41) is 6.69. The van der Waals surface area contributed by atoms with Crippen molar-refractivity contribution in [3.05, 3.63) is 0 Å². The first-order valence-electron chi connectivity index (χ1n) is 8.44.